The SMILES string of the molecule is CC/C=C\C/C=C\C/C=C\C/C=C\C/C=C\CCCCCCCCCCCCCCCCCCCCCC(=O)OCC(COC(=O)CCCCCCC/C=C\CCCC)OC(=O)CCCCCCCCCCCCCCCCCC. The maximum atomic E-state index is 12.9. The molecule has 0 radical (unpaired) electrons. The van der Waals surface area contributed by atoms with Crippen molar-refractivity contribution in [1.29, 1.82) is 0 Å². The Labute approximate surface area is 497 Å². The lowest BCUT2D eigenvalue weighted by atomic mass is 10.0. The van der Waals surface area contributed by atoms with Crippen LogP contribution in [0.1, 0.15) is 361 Å². The largest absolute Gasteiger partial charge is 0.462 e. The lowest BCUT2D eigenvalue weighted by molar-refractivity contribution is -0.167. The van der Waals surface area contributed by atoms with Crippen LogP contribution in [-0.2, 0) is 28.6 Å². The van der Waals surface area contributed by atoms with Crippen LogP contribution in [-0.4, -0.2) is 37.2 Å². The smallest absolute Gasteiger partial charge is 0.306 e. The molecule has 0 amide bonds. The summed E-state index contributed by atoms with van der Waals surface area (Å²) in [5.41, 5.74) is 0. The summed E-state index contributed by atoms with van der Waals surface area (Å²) < 4.78 is 16.9. The van der Waals surface area contributed by atoms with Crippen molar-refractivity contribution in [3.63, 3.8) is 0 Å². The fourth-order valence-corrected chi connectivity index (χ4v) is 10.2. The average molecular weight is 1120 g/mol. The van der Waals surface area contributed by atoms with Crippen LogP contribution < -0.4 is 0 Å². The summed E-state index contributed by atoms with van der Waals surface area (Å²) in [7, 11) is 0. The Hall–Kier alpha value is -3.15. The third kappa shape index (κ3) is 65.7. The third-order valence-electron chi connectivity index (χ3n) is 15.4. The highest BCUT2D eigenvalue weighted by atomic mass is 16.6. The van der Waals surface area contributed by atoms with Gasteiger partial charge in [-0.25, -0.2) is 0 Å². The molecule has 0 aromatic carbocycles. The molecule has 0 fully saturated rings. The number of unbranched alkanes of at least 4 members (excludes halogenated alkanes) is 41. The molecule has 0 spiro atoms. The van der Waals surface area contributed by atoms with Gasteiger partial charge in [-0.2, -0.15) is 0 Å². The molecule has 80 heavy (non-hydrogen) atoms. The highest BCUT2D eigenvalue weighted by Crippen LogP contribution is 2.18. The van der Waals surface area contributed by atoms with Crippen molar-refractivity contribution in [2.24, 2.45) is 0 Å². The summed E-state index contributed by atoms with van der Waals surface area (Å²) in [6.45, 7) is 6.53. The number of carbonyl (C=O) groups is 3. The molecule has 0 aliphatic heterocycles. The van der Waals surface area contributed by atoms with Crippen molar-refractivity contribution in [3.8, 4) is 0 Å². The number of esters is 3. The number of ether oxygens (including phenoxy) is 3. The third-order valence-corrected chi connectivity index (χ3v) is 15.4. The van der Waals surface area contributed by atoms with Crippen LogP contribution in [0, 0.1) is 0 Å². The molecule has 0 rings (SSSR count). The minimum atomic E-state index is -0.774. The van der Waals surface area contributed by atoms with Gasteiger partial charge in [0.05, 0.1) is 0 Å². The lowest BCUT2D eigenvalue weighted by Crippen LogP contribution is -2.30. The molecular weight excluding hydrogens is 985 g/mol. The van der Waals surface area contributed by atoms with E-state index in [0.717, 1.165) is 96.3 Å². The second kappa shape index (κ2) is 68.3. The van der Waals surface area contributed by atoms with Crippen molar-refractivity contribution in [1.82, 2.24) is 0 Å². The van der Waals surface area contributed by atoms with Gasteiger partial charge < -0.3 is 14.2 Å². The zero-order valence-corrected chi connectivity index (χ0v) is 53.3. The number of rotatable bonds is 64. The number of hydrogen-bond donors (Lipinski definition) is 0. The predicted octanol–water partition coefficient (Wildman–Crippen LogP) is 24.1. The molecule has 464 valence electrons. The number of allylic oxidation sites excluding steroid dienone is 12. The summed E-state index contributed by atoms with van der Waals surface area (Å²) in [5, 5.41) is 0. The van der Waals surface area contributed by atoms with E-state index in [1.165, 1.54) is 225 Å². The minimum absolute atomic E-state index is 0.0714. The summed E-state index contributed by atoms with van der Waals surface area (Å²) in [6, 6.07) is 0. The minimum Gasteiger partial charge on any atom is -0.462 e. The molecule has 1 atom stereocenters. The Kier molecular flexibility index (Phi) is 65.7. The quantitative estimate of drug-likeness (QED) is 0.0261. The van der Waals surface area contributed by atoms with Crippen LogP contribution in [0.4, 0.5) is 0 Å². The molecule has 0 aromatic heterocycles. The first-order chi connectivity index (χ1) is 39.5. The number of carbonyl (C=O) groups excluding carboxylic acids is 3. The van der Waals surface area contributed by atoms with Crippen molar-refractivity contribution >= 4 is 17.9 Å². The van der Waals surface area contributed by atoms with E-state index < -0.39 is 6.10 Å². The average Bonchev–Trinajstić information content (AvgIpc) is 3.46. The van der Waals surface area contributed by atoms with E-state index in [0.29, 0.717) is 19.3 Å². The molecule has 0 heterocycles. The van der Waals surface area contributed by atoms with Crippen molar-refractivity contribution in [3.05, 3.63) is 72.9 Å². The topological polar surface area (TPSA) is 78.9 Å². The van der Waals surface area contributed by atoms with Gasteiger partial charge in [-0.1, -0.05) is 331 Å². The van der Waals surface area contributed by atoms with Gasteiger partial charge >= 0.3 is 17.9 Å². The summed E-state index contributed by atoms with van der Waals surface area (Å²) in [4.78, 5) is 38.3. The Morgan fingerprint density at radius 2 is 0.500 bits per heavy atom. The Balaban J connectivity index is 4.06. The molecule has 0 aliphatic rings. The maximum Gasteiger partial charge on any atom is 0.306 e. The van der Waals surface area contributed by atoms with Gasteiger partial charge in [0, 0.05) is 19.3 Å². The summed E-state index contributed by atoms with van der Waals surface area (Å²) >= 11 is 0. The van der Waals surface area contributed by atoms with E-state index in [4.69, 9.17) is 14.2 Å². The fraction of sp³-hybridized carbons (Fsp3) is 0.797. The molecule has 0 bridgehead atoms. The van der Waals surface area contributed by atoms with Gasteiger partial charge in [-0.15, -0.1) is 0 Å². The zero-order valence-electron chi connectivity index (χ0n) is 53.3. The Bertz CT molecular complexity index is 1470. The molecule has 0 N–H and O–H groups in total. The predicted molar refractivity (Wildman–Crippen MR) is 348 cm³/mol. The van der Waals surface area contributed by atoms with E-state index in [-0.39, 0.29) is 31.1 Å². The van der Waals surface area contributed by atoms with Crippen LogP contribution in [0.2, 0.25) is 0 Å². The normalized spacial score (nSPS) is 12.5. The molecule has 1 unspecified atom stereocenters. The van der Waals surface area contributed by atoms with Crippen LogP contribution in [0.3, 0.4) is 0 Å². The molecule has 6 nitrogen and oxygen atoms in total. The Morgan fingerprint density at radius 1 is 0.263 bits per heavy atom. The van der Waals surface area contributed by atoms with E-state index in [9.17, 15) is 14.4 Å². The molecule has 6 heteroatoms. The molecule has 0 saturated carbocycles. The van der Waals surface area contributed by atoms with Crippen LogP contribution in [0.5, 0.6) is 0 Å². The van der Waals surface area contributed by atoms with Gasteiger partial charge in [-0.3, -0.25) is 14.4 Å². The van der Waals surface area contributed by atoms with Crippen LogP contribution in [0.15, 0.2) is 72.9 Å². The van der Waals surface area contributed by atoms with E-state index in [2.05, 4.69) is 93.7 Å². The van der Waals surface area contributed by atoms with Crippen molar-refractivity contribution < 1.29 is 28.6 Å². The maximum absolute atomic E-state index is 12.9. The summed E-state index contributed by atoms with van der Waals surface area (Å²) in [6.07, 6.45) is 89.5. The van der Waals surface area contributed by atoms with Crippen molar-refractivity contribution in [2.75, 3.05) is 13.2 Å². The van der Waals surface area contributed by atoms with Gasteiger partial charge in [0.1, 0.15) is 13.2 Å². The first kappa shape index (κ1) is 76.9. The molecule has 0 saturated heterocycles. The van der Waals surface area contributed by atoms with Gasteiger partial charge in [-0.05, 0) is 83.5 Å². The molecule has 0 aliphatic carbocycles. The second-order valence-corrected chi connectivity index (χ2v) is 23.4. The first-order valence-corrected chi connectivity index (χ1v) is 34.9. The van der Waals surface area contributed by atoms with Crippen LogP contribution >= 0.6 is 0 Å². The van der Waals surface area contributed by atoms with Crippen molar-refractivity contribution in [2.45, 2.75) is 367 Å². The number of hydrogen-bond acceptors (Lipinski definition) is 6. The molecule has 0 aromatic rings. The van der Waals surface area contributed by atoms with E-state index in [1.54, 1.807) is 0 Å². The van der Waals surface area contributed by atoms with Gasteiger partial charge in [0.15, 0.2) is 6.10 Å². The fourth-order valence-electron chi connectivity index (χ4n) is 10.2. The van der Waals surface area contributed by atoms with Gasteiger partial charge in [0.2, 0.25) is 0 Å². The highest BCUT2D eigenvalue weighted by molar-refractivity contribution is 5.71. The Morgan fingerprint density at radius 3 is 0.812 bits per heavy atom. The second-order valence-electron chi connectivity index (χ2n) is 23.4. The lowest BCUT2D eigenvalue weighted by Gasteiger charge is -2.18. The molecular formula is C74H132O6. The standard InChI is InChI=1S/C74H132O6/c1-4-7-10-13-16-19-22-24-26-28-29-30-31-32-33-34-35-36-37-38-39-40-41-42-43-44-45-46-48-49-52-55-58-61-64-67-73(76)79-70-71(69-78-72(75)66-63-60-57-54-51-21-18-15-12-9-6-3)80-74(77)68-65-62-59-56-53-50-47-27-25-23-20-17-14-11-8-5-2/h7,10,15-16,18-19,24,26,29-30,32-33,71H,4-6,8-9,11-14,17,20-23,25,27-28,31,34-70H2,1-3H3/b10-7-,18-15-,19-16-,26-24-,30-29-,33-32-. The van der Waals surface area contributed by atoms with E-state index >= 15 is 0 Å². The van der Waals surface area contributed by atoms with Gasteiger partial charge in [0.25, 0.3) is 0 Å². The van der Waals surface area contributed by atoms with E-state index in [1.807, 2.05) is 0 Å². The van der Waals surface area contributed by atoms with Crippen LogP contribution in [0.25, 0.3) is 0 Å². The highest BCUT2D eigenvalue weighted by Gasteiger charge is 2.19. The summed E-state index contributed by atoms with van der Waals surface area (Å²) in [5.74, 6) is -0.859. The monoisotopic (exact) mass is 1120 g/mol. The zero-order chi connectivity index (χ0) is 57.8. The first-order valence-electron chi connectivity index (χ1n) is 34.9.